The van der Waals surface area contributed by atoms with Crippen LogP contribution in [-0.2, 0) is 16.6 Å². The predicted octanol–water partition coefficient (Wildman–Crippen LogP) is 2.45. The van der Waals surface area contributed by atoms with Crippen molar-refractivity contribution in [2.24, 2.45) is 0 Å². The SMILES string of the molecule is COc1ccc(S(=O)(=O)NCc2ccc(F)cc2)cc1C(=O)NC(C)C. The van der Waals surface area contributed by atoms with Gasteiger partial charge < -0.3 is 10.1 Å². The number of methoxy groups -OCH3 is 1. The van der Waals surface area contributed by atoms with Gasteiger partial charge in [-0.2, -0.15) is 0 Å². The lowest BCUT2D eigenvalue weighted by molar-refractivity contribution is 0.0940. The first kappa shape index (κ1) is 19.9. The summed E-state index contributed by atoms with van der Waals surface area (Å²) in [6.07, 6.45) is 0. The van der Waals surface area contributed by atoms with E-state index in [2.05, 4.69) is 10.0 Å². The van der Waals surface area contributed by atoms with Crippen molar-refractivity contribution in [2.75, 3.05) is 7.11 Å². The molecule has 0 radical (unpaired) electrons. The normalized spacial score (nSPS) is 11.4. The van der Waals surface area contributed by atoms with Crippen LogP contribution in [0.4, 0.5) is 4.39 Å². The molecule has 0 aliphatic rings. The molecule has 8 heteroatoms. The maximum absolute atomic E-state index is 12.9. The fourth-order valence-electron chi connectivity index (χ4n) is 2.24. The second-order valence-corrected chi connectivity index (χ2v) is 7.71. The zero-order chi connectivity index (χ0) is 19.3. The van der Waals surface area contributed by atoms with Crippen LogP contribution in [0.2, 0.25) is 0 Å². The summed E-state index contributed by atoms with van der Waals surface area (Å²) in [6, 6.07) is 9.45. The summed E-state index contributed by atoms with van der Waals surface area (Å²) >= 11 is 0. The number of rotatable bonds is 7. The average molecular weight is 380 g/mol. The Hall–Kier alpha value is -2.45. The Morgan fingerprint density at radius 2 is 1.81 bits per heavy atom. The molecule has 2 rings (SSSR count). The molecule has 0 bridgehead atoms. The van der Waals surface area contributed by atoms with Crippen LogP contribution in [0, 0.1) is 5.82 Å². The van der Waals surface area contributed by atoms with Gasteiger partial charge in [-0.1, -0.05) is 12.1 Å². The number of halogens is 1. The van der Waals surface area contributed by atoms with Gasteiger partial charge in [0.15, 0.2) is 0 Å². The maximum atomic E-state index is 12.9. The summed E-state index contributed by atoms with van der Waals surface area (Å²) in [6.45, 7) is 3.60. The molecule has 6 nitrogen and oxygen atoms in total. The Morgan fingerprint density at radius 1 is 1.15 bits per heavy atom. The van der Waals surface area contributed by atoms with Gasteiger partial charge in [0.1, 0.15) is 11.6 Å². The quantitative estimate of drug-likeness (QED) is 0.773. The van der Waals surface area contributed by atoms with Gasteiger partial charge in [0.2, 0.25) is 10.0 Å². The van der Waals surface area contributed by atoms with Gasteiger partial charge in [0, 0.05) is 12.6 Å². The first-order valence-corrected chi connectivity index (χ1v) is 9.44. The highest BCUT2D eigenvalue weighted by Crippen LogP contribution is 2.23. The average Bonchev–Trinajstić information content (AvgIpc) is 2.60. The fourth-order valence-corrected chi connectivity index (χ4v) is 3.28. The third-order valence-corrected chi connectivity index (χ3v) is 4.92. The van der Waals surface area contributed by atoms with Crippen molar-refractivity contribution >= 4 is 15.9 Å². The van der Waals surface area contributed by atoms with Crippen LogP contribution in [0.3, 0.4) is 0 Å². The number of sulfonamides is 1. The molecule has 2 N–H and O–H groups in total. The minimum absolute atomic E-state index is 0.00215. The molecule has 0 saturated heterocycles. The minimum Gasteiger partial charge on any atom is -0.496 e. The van der Waals surface area contributed by atoms with Crippen molar-refractivity contribution in [3.63, 3.8) is 0 Å². The molecular formula is C18H21FN2O4S. The van der Waals surface area contributed by atoms with E-state index in [1.807, 2.05) is 0 Å². The number of benzene rings is 2. The van der Waals surface area contributed by atoms with Gasteiger partial charge in [0.25, 0.3) is 5.91 Å². The molecule has 0 aliphatic carbocycles. The molecule has 0 aliphatic heterocycles. The topological polar surface area (TPSA) is 84.5 Å². The lowest BCUT2D eigenvalue weighted by Crippen LogP contribution is -2.31. The molecule has 0 aromatic heterocycles. The van der Waals surface area contributed by atoms with Gasteiger partial charge in [-0.3, -0.25) is 4.79 Å². The van der Waals surface area contributed by atoms with E-state index in [1.165, 1.54) is 49.6 Å². The van der Waals surface area contributed by atoms with E-state index in [9.17, 15) is 17.6 Å². The molecule has 0 fully saturated rings. The number of amides is 1. The van der Waals surface area contributed by atoms with Crippen LogP contribution in [0.1, 0.15) is 29.8 Å². The zero-order valence-electron chi connectivity index (χ0n) is 14.7. The summed E-state index contributed by atoms with van der Waals surface area (Å²) in [5, 5.41) is 2.71. The molecule has 0 spiro atoms. The second-order valence-electron chi connectivity index (χ2n) is 5.94. The number of ether oxygens (including phenoxy) is 1. The predicted molar refractivity (Wildman–Crippen MR) is 96.0 cm³/mol. The van der Waals surface area contributed by atoms with Crippen LogP contribution >= 0.6 is 0 Å². The molecule has 26 heavy (non-hydrogen) atoms. The Kier molecular flexibility index (Phi) is 6.33. The number of carbonyl (C=O) groups excluding carboxylic acids is 1. The molecule has 2 aromatic rings. The highest BCUT2D eigenvalue weighted by atomic mass is 32.2. The third-order valence-electron chi connectivity index (χ3n) is 3.53. The Balaban J connectivity index is 2.25. The van der Waals surface area contributed by atoms with E-state index in [0.29, 0.717) is 5.56 Å². The molecule has 140 valence electrons. The number of carbonyl (C=O) groups is 1. The summed E-state index contributed by atoms with van der Waals surface area (Å²) in [5.74, 6) is -0.541. The van der Waals surface area contributed by atoms with E-state index < -0.39 is 21.7 Å². The van der Waals surface area contributed by atoms with Crippen molar-refractivity contribution in [1.29, 1.82) is 0 Å². The monoisotopic (exact) mass is 380 g/mol. The molecule has 0 atom stereocenters. The Bertz CT molecular complexity index is 881. The molecular weight excluding hydrogens is 359 g/mol. The van der Waals surface area contributed by atoms with Crippen LogP contribution < -0.4 is 14.8 Å². The lowest BCUT2D eigenvalue weighted by Gasteiger charge is -2.13. The largest absolute Gasteiger partial charge is 0.496 e. The first-order chi connectivity index (χ1) is 12.2. The molecule has 0 heterocycles. The molecule has 2 aromatic carbocycles. The van der Waals surface area contributed by atoms with Crippen LogP contribution in [0.25, 0.3) is 0 Å². The minimum atomic E-state index is -3.86. The molecule has 1 amide bonds. The van der Waals surface area contributed by atoms with Gasteiger partial charge in [0.05, 0.1) is 17.6 Å². The molecule has 0 unspecified atom stereocenters. The number of hydrogen-bond donors (Lipinski definition) is 2. The van der Waals surface area contributed by atoms with Crippen molar-refractivity contribution in [1.82, 2.24) is 10.0 Å². The molecule has 0 saturated carbocycles. The maximum Gasteiger partial charge on any atom is 0.255 e. The number of nitrogens with one attached hydrogen (secondary N) is 2. The highest BCUT2D eigenvalue weighted by Gasteiger charge is 2.20. The van der Waals surface area contributed by atoms with Crippen LogP contribution in [-0.4, -0.2) is 27.5 Å². The lowest BCUT2D eigenvalue weighted by atomic mass is 10.2. The zero-order valence-corrected chi connectivity index (χ0v) is 15.6. The standard InChI is InChI=1S/C18H21FN2O4S/c1-12(2)21-18(22)16-10-15(8-9-17(16)25-3)26(23,24)20-11-13-4-6-14(19)7-5-13/h4-10,12,20H,11H2,1-3H3,(H,21,22). The van der Waals surface area contributed by atoms with Crippen molar-refractivity contribution in [3.8, 4) is 5.75 Å². The van der Waals surface area contributed by atoms with Gasteiger partial charge in [-0.15, -0.1) is 0 Å². The van der Waals surface area contributed by atoms with E-state index in [1.54, 1.807) is 13.8 Å². The van der Waals surface area contributed by atoms with Crippen LogP contribution in [0.5, 0.6) is 5.75 Å². The summed E-state index contributed by atoms with van der Waals surface area (Å²) in [7, 11) is -2.45. The number of hydrogen-bond acceptors (Lipinski definition) is 4. The van der Waals surface area contributed by atoms with E-state index >= 15 is 0 Å². The van der Waals surface area contributed by atoms with Crippen molar-refractivity contribution < 1.29 is 22.3 Å². The van der Waals surface area contributed by atoms with Crippen LogP contribution in [0.15, 0.2) is 47.4 Å². The van der Waals surface area contributed by atoms with Gasteiger partial charge in [-0.25, -0.2) is 17.5 Å². The summed E-state index contributed by atoms with van der Waals surface area (Å²) in [5.41, 5.74) is 0.743. The summed E-state index contributed by atoms with van der Waals surface area (Å²) < 4.78 is 45.5. The van der Waals surface area contributed by atoms with Gasteiger partial charge >= 0.3 is 0 Å². The fraction of sp³-hybridized carbons (Fsp3) is 0.278. The van der Waals surface area contributed by atoms with E-state index in [0.717, 1.165) is 0 Å². The Morgan fingerprint density at radius 3 is 2.38 bits per heavy atom. The second kappa shape index (κ2) is 8.29. The highest BCUT2D eigenvalue weighted by molar-refractivity contribution is 7.89. The van der Waals surface area contributed by atoms with Crippen molar-refractivity contribution in [3.05, 3.63) is 59.4 Å². The third kappa shape index (κ3) is 5.03. The Labute approximate surface area is 152 Å². The van der Waals surface area contributed by atoms with E-state index in [-0.39, 0.29) is 28.8 Å². The summed E-state index contributed by atoms with van der Waals surface area (Å²) in [4.78, 5) is 12.2. The van der Waals surface area contributed by atoms with Gasteiger partial charge in [-0.05, 0) is 49.7 Å². The smallest absolute Gasteiger partial charge is 0.255 e. The van der Waals surface area contributed by atoms with Crippen molar-refractivity contribution in [2.45, 2.75) is 31.3 Å². The first-order valence-electron chi connectivity index (χ1n) is 7.96. The van der Waals surface area contributed by atoms with E-state index in [4.69, 9.17) is 4.74 Å².